The molecule has 7 heteroatoms. The fourth-order valence-electron chi connectivity index (χ4n) is 6.61. The Morgan fingerprint density at radius 1 is 1.29 bits per heavy atom. The van der Waals surface area contributed by atoms with E-state index in [9.17, 15) is 14.4 Å². The predicted octanol–water partition coefficient (Wildman–Crippen LogP) is 3.09. The molecular formula is C24H33NO6. The molecule has 2 aliphatic carbocycles. The van der Waals surface area contributed by atoms with E-state index in [0.717, 1.165) is 12.1 Å². The zero-order valence-electron chi connectivity index (χ0n) is 18.8. The van der Waals surface area contributed by atoms with Crippen molar-refractivity contribution in [2.45, 2.75) is 59.2 Å². The van der Waals surface area contributed by atoms with Gasteiger partial charge in [-0.1, -0.05) is 20.8 Å². The van der Waals surface area contributed by atoms with Crippen molar-refractivity contribution < 1.29 is 28.3 Å². The van der Waals surface area contributed by atoms with Gasteiger partial charge in [0.2, 0.25) is 0 Å². The minimum Gasteiger partial charge on any atom is -0.472 e. The molecule has 4 rings (SSSR count). The van der Waals surface area contributed by atoms with Crippen LogP contribution in [0.3, 0.4) is 0 Å². The quantitative estimate of drug-likeness (QED) is 0.716. The molecule has 31 heavy (non-hydrogen) atoms. The minimum absolute atomic E-state index is 0.0432. The molecule has 1 aromatic rings. The first-order valence-electron chi connectivity index (χ1n) is 11.3. The van der Waals surface area contributed by atoms with E-state index >= 15 is 0 Å². The normalized spacial score (nSPS) is 40.2. The van der Waals surface area contributed by atoms with E-state index in [-0.39, 0.29) is 35.4 Å². The molecule has 170 valence electrons. The average Bonchev–Trinajstić information content (AvgIpc) is 3.22. The second-order valence-corrected chi connectivity index (χ2v) is 9.96. The van der Waals surface area contributed by atoms with Gasteiger partial charge >= 0.3 is 5.97 Å². The Morgan fingerprint density at radius 3 is 2.71 bits per heavy atom. The van der Waals surface area contributed by atoms with Crippen molar-refractivity contribution >= 4 is 17.5 Å². The first kappa shape index (κ1) is 22.2. The van der Waals surface area contributed by atoms with Crippen LogP contribution < -0.4 is 5.32 Å². The third kappa shape index (κ3) is 3.65. The van der Waals surface area contributed by atoms with Gasteiger partial charge in [0.15, 0.2) is 11.9 Å². The van der Waals surface area contributed by atoms with Crippen molar-refractivity contribution in [1.82, 2.24) is 5.32 Å². The number of carbonyl (C=O) groups is 3. The van der Waals surface area contributed by atoms with Crippen LogP contribution in [0.5, 0.6) is 0 Å². The molecule has 1 N–H and O–H groups in total. The monoisotopic (exact) mass is 431 g/mol. The summed E-state index contributed by atoms with van der Waals surface area (Å²) >= 11 is 0. The molecule has 3 fully saturated rings. The van der Waals surface area contributed by atoms with Gasteiger partial charge in [-0.25, -0.2) is 0 Å². The molecule has 0 bridgehead atoms. The highest BCUT2D eigenvalue weighted by Gasteiger charge is 2.66. The van der Waals surface area contributed by atoms with Gasteiger partial charge in [-0.3, -0.25) is 14.4 Å². The fraction of sp³-hybridized carbons (Fsp3) is 0.708. The van der Waals surface area contributed by atoms with Crippen LogP contribution >= 0.6 is 0 Å². The van der Waals surface area contributed by atoms with Gasteiger partial charge in [-0.05, 0) is 48.7 Å². The van der Waals surface area contributed by atoms with Crippen molar-refractivity contribution in [2.75, 3.05) is 19.7 Å². The summed E-state index contributed by atoms with van der Waals surface area (Å²) in [4.78, 5) is 38.9. The lowest BCUT2D eigenvalue weighted by molar-refractivity contribution is -0.202. The summed E-state index contributed by atoms with van der Waals surface area (Å²) in [6.07, 6.45) is 3.63. The summed E-state index contributed by atoms with van der Waals surface area (Å²) in [6.45, 7) is 9.31. The SMILES string of the molecule is CCNC[C@@H]1C[C@H](OC(C)=O)C(=O)[C@@H]2C3(C)C[C@@H](c4ccoc4)OC[C@@H]3C(=O)C[C@@]12C. The van der Waals surface area contributed by atoms with E-state index in [1.54, 1.807) is 12.5 Å². The van der Waals surface area contributed by atoms with Crippen molar-refractivity contribution in [3.05, 3.63) is 24.2 Å². The second-order valence-electron chi connectivity index (χ2n) is 9.96. The fourth-order valence-corrected chi connectivity index (χ4v) is 6.61. The Hall–Kier alpha value is -1.99. The summed E-state index contributed by atoms with van der Waals surface area (Å²) in [5.74, 6) is -0.987. The maximum absolute atomic E-state index is 13.8. The summed E-state index contributed by atoms with van der Waals surface area (Å²) in [5.41, 5.74) is -0.148. The van der Waals surface area contributed by atoms with Gasteiger partial charge in [0.1, 0.15) is 5.78 Å². The molecule has 0 aromatic carbocycles. The summed E-state index contributed by atoms with van der Waals surface area (Å²) in [6, 6.07) is 1.87. The third-order valence-electron chi connectivity index (χ3n) is 8.05. The Balaban J connectivity index is 1.75. The molecular weight excluding hydrogens is 398 g/mol. The lowest BCUT2D eigenvalue weighted by Crippen LogP contribution is -2.66. The number of furan rings is 1. The largest absolute Gasteiger partial charge is 0.472 e. The predicted molar refractivity (Wildman–Crippen MR) is 112 cm³/mol. The van der Waals surface area contributed by atoms with Gasteiger partial charge < -0.3 is 19.2 Å². The smallest absolute Gasteiger partial charge is 0.303 e. The molecule has 1 saturated heterocycles. The molecule has 2 saturated carbocycles. The highest BCUT2D eigenvalue weighted by atomic mass is 16.5. The average molecular weight is 432 g/mol. The maximum atomic E-state index is 13.8. The van der Waals surface area contributed by atoms with Gasteiger partial charge in [0, 0.05) is 30.7 Å². The first-order valence-corrected chi connectivity index (χ1v) is 11.3. The van der Waals surface area contributed by atoms with E-state index in [0.29, 0.717) is 32.4 Å². The Labute approximate surface area is 183 Å². The number of carbonyl (C=O) groups excluding carboxylic acids is 3. The van der Waals surface area contributed by atoms with Crippen molar-refractivity contribution in [3.8, 4) is 0 Å². The number of ether oxygens (including phenoxy) is 2. The topological polar surface area (TPSA) is 94.8 Å². The zero-order chi connectivity index (χ0) is 22.4. The van der Waals surface area contributed by atoms with E-state index in [2.05, 4.69) is 19.2 Å². The van der Waals surface area contributed by atoms with Crippen LogP contribution in [-0.4, -0.2) is 43.3 Å². The lowest BCUT2D eigenvalue weighted by Gasteiger charge is -2.61. The number of ketones is 2. The number of hydrogen-bond acceptors (Lipinski definition) is 7. The number of esters is 1. The van der Waals surface area contributed by atoms with Gasteiger partial charge in [-0.2, -0.15) is 0 Å². The molecule has 1 unspecified atom stereocenters. The van der Waals surface area contributed by atoms with Crippen LogP contribution in [0.4, 0.5) is 0 Å². The van der Waals surface area contributed by atoms with Gasteiger partial charge in [0.25, 0.3) is 0 Å². The maximum Gasteiger partial charge on any atom is 0.303 e. The number of nitrogens with one attached hydrogen (secondary N) is 1. The van der Waals surface area contributed by atoms with Crippen molar-refractivity contribution in [2.24, 2.45) is 28.6 Å². The number of Topliss-reactive ketones (excluding diaryl/α,β-unsaturated/α-hetero) is 2. The first-order chi connectivity index (χ1) is 14.7. The molecule has 7 nitrogen and oxygen atoms in total. The van der Waals surface area contributed by atoms with Crippen LogP contribution in [-0.2, 0) is 23.9 Å². The summed E-state index contributed by atoms with van der Waals surface area (Å²) in [5, 5.41) is 3.40. The van der Waals surface area contributed by atoms with Crippen LogP contribution in [0.1, 0.15) is 58.6 Å². The number of fused-ring (bicyclic) bond motifs is 3. The summed E-state index contributed by atoms with van der Waals surface area (Å²) in [7, 11) is 0. The molecule has 2 heterocycles. The summed E-state index contributed by atoms with van der Waals surface area (Å²) < 4.78 is 16.8. The number of rotatable bonds is 5. The Morgan fingerprint density at radius 2 is 2.06 bits per heavy atom. The molecule has 7 atom stereocenters. The molecule has 0 amide bonds. The molecule has 0 spiro atoms. The molecule has 0 radical (unpaired) electrons. The van der Waals surface area contributed by atoms with E-state index in [1.165, 1.54) is 6.92 Å². The van der Waals surface area contributed by atoms with Crippen molar-refractivity contribution in [3.63, 3.8) is 0 Å². The third-order valence-corrected chi connectivity index (χ3v) is 8.05. The Bertz CT molecular complexity index is 850. The lowest BCUT2D eigenvalue weighted by atomic mass is 9.43. The molecule has 1 aromatic heterocycles. The van der Waals surface area contributed by atoms with Crippen LogP contribution in [0, 0.1) is 28.6 Å². The Kier molecular flexibility index (Phi) is 5.85. The van der Waals surface area contributed by atoms with E-state index in [1.807, 2.05) is 13.0 Å². The van der Waals surface area contributed by atoms with Crippen LogP contribution in [0.15, 0.2) is 23.0 Å². The standard InChI is InChI=1S/C24H33NO6/c1-5-25-11-16-8-19(31-14(2)26)21(28)22-23(16,3)9-18(27)17-13-30-20(10-24(17,22)4)15-6-7-29-12-15/h6-7,12,16-17,19-20,22,25H,5,8-11,13H2,1-4H3/t16-,17+,19-,20-,22-,23-,24?/m0/s1. The highest BCUT2D eigenvalue weighted by Crippen LogP contribution is 2.63. The van der Waals surface area contributed by atoms with Gasteiger partial charge in [0.05, 0.1) is 25.2 Å². The highest BCUT2D eigenvalue weighted by molar-refractivity contribution is 5.94. The molecule has 1 aliphatic heterocycles. The zero-order valence-corrected chi connectivity index (χ0v) is 18.8. The van der Waals surface area contributed by atoms with E-state index in [4.69, 9.17) is 13.9 Å². The minimum atomic E-state index is -0.764. The number of hydrogen-bond donors (Lipinski definition) is 1. The molecule has 3 aliphatic rings. The van der Waals surface area contributed by atoms with Crippen molar-refractivity contribution in [1.29, 1.82) is 0 Å². The second kappa shape index (κ2) is 8.17. The van der Waals surface area contributed by atoms with Crippen LogP contribution in [0.2, 0.25) is 0 Å². The van der Waals surface area contributed by atoms with Crippen LogP contribution in [0.25, 0.3) is 0 Å². The van der Waals surface area contributed by atoms with Gasteiger partial charge in [-0.15, -0.1) is 0 Å². The van der Waals surface area contributed by atoms with E-state index < -0.39 is 22.9 Å².